The first-order valence-electron chi connectivity index (χ1n) is 4.73. The van der Waals surface area contributed by atoms with Gasteiger partial charge in [0.2, 0.25) is 5.91 Å². The predicted octanol–water partition coefficient (Wildman–Crippen LogP) is 1.73. The van der Waals surface area contributed by atoms with E-state index in [0.29, 0.717) is 5.92 Å². The van der Waals surface area contributed by atoms with E-state index < -0.39 is 0 Å². The van der Waals surface area contributed by atoms with Crippen LogP contribution in [0.4, 0.5) is 4.39 Å². The van der Waals surface area contributed by atoms with Crippen LogP contribution in [0.1, 0.15) is 29.9 Å². The zero-order valence-electron chi connectivity index (χ0n) is 7.79. The summed E-state index contributed by atoms with van der Waals surface area (Å²) in [5, 5.41) is 0. The lowest BCUT2D eigenvalue weighted by Crippen LogP contribution is -2.14. The largest absolute Gasteiger partial charge is 0.369 e. The Morgan fingerprint density at radius 3 is 2.79 bits per heavy atom. The molecule has 0 aliphatic heterocycles. The second-order valence-electron chi connectivity index (χ2n) is 3.76. The van der Waals surface area contributed by atoms with Crippen molar-refractivity contribution >= 4 is 5.91 Å². The van der Waals surface area contributed by atoms with Crippen molar-refractivity contribution in [2.24, 2.45) is 5.73 Å². The van der Waals surface area contributed by atoms with Crippen molar-refractivity contribution in [3.8, 4) is 0 Å². The highest BCUT2D eigenvalue weighted by Crippen LogP contribution is 2.41. The molecule has 1 saturated carbocycles. The van der Waals surface area contributed by atoms with Crippen molar-refractivity contribution in [3.05, 3.63) is 35.1 Å². The van der Waals surface area contributed by atoms with Crippen LogP contribution in [0, 0.1) is 5.82 Å². The van der Waals surface area contributed by atoms with Crippen LogP contribution in [-0.4, -0.2) is 5.91 Å². The molecule has 1 amide bonds. The molecule has 0 atom stereocenters. The normalized spacial score (nSPS) is 15.5. The van der Waals surface area contributed by atoms with Gasteiger partial charge in [-0.05, 0) is 42.0 Å². The van der Waals surface area contributed by atoms with E-state index in [-0.39, 0.29) is 18.1 Å². The van der Waals surface area contributed by atoms with Crippen molar-refractivity contribution in [1.29, 1.82) is 0 Å². The molecule has 0 saturated heterocycles. The van der Waals surface area contributed by atoms with E-state index in [1.54, 1.807) is 6.07 Å². The molecule has 1 fully saturated rings. The monoisotopic (exact) mass is 193 g/mol. The molecule has 0 aromatic heterocycles. The minimum absolute atomic E-state index is 0.214. The molecule has 1 aromatic rings. The summed E-state index contributed by atoms with van der Waals surface area (Å²) in [5.41, 5.74) is 6.96. The first-order chi connectivity index (χ1) is 6.66. The van der Waals surface area contributed by atoms with Crippen molar-refractivity contribution in [3.63, 3.8) is 0 Å². The number of amides is 1. The zero-order chi connectivity index (χ0) is 10.1. The Morgan fingerprint density at radius 2 is 2.21 bits per heavy atom. The van der Waals surface area contributed by atoms with Gasteiger partial charge in [-0.25, -0.2) is 4.39 Å². The summed E-state index contributed by atoms with van der Waals surface area (Å²) in [6.07, 6.45) is 2.40. The van der Waals surface area contributed by atoms with Gasteiger partial charge in [0, 0.05) is 0 Å². The third-order valence-electron chi connectivity index (χ3n) is 2.49. The SMILES string of the molecule is NC(=O)Cc1ccc(F)cc1C1CC1. The summed E-state index contributed by atoms with van der Waals surface area (Å²) in [4.78, 5) is 10.8. The molecule has 1 aliphatic carbocycles. The highest BCUT2D eigenvalue weighted by Gasteiger charge is 2.26. The zero-order valence-corrected chi connectivity index (χ0v) is 7.79. The Hall–Kier alpha value is -1.38. The van der Waals surface area contributed by atoms with Crippen LogP contribution in [-0.2, 0) is 11.2 Å². The van der Waals surface area contributed by atoms with E-state index in [1.807, 2.05) is 0 Å². The summed E-state index contributed by atoms with van der Waals surface area (Å²) >= 11 is 0. The fraction of sp³-hybridized carbons (Fsp3) is 0.364. The average Bonchev–Trinajstić information content (AvgIpc) is 2.90. The predicted molar refractivity (Wildman–Crippen MR) is 51.3 cm³/mol. The van der Waals surface area contributed by atoms with Gasteiger partial charge in [-0.2, -0.15) is 0 Å². The van der Waals surface area contributed by atoms with Gasteiger partial charge in [0.25, 0.3) is 0 Å². The summed E-state index contributed by atoms with van der Waals surface area (Å²) in [6.45, 7) is 0. The fourth-order valence-corrected chi connectivity index (χ4v) is 1.69. The summed E-state index contributed by atoms with van der Waals surface area (Å²) in [7, 11) is 0. The van der Waals surface area contributed by atoms with Gasteiger partial charge >= 0.3 is 0 Å². The van der Waals surface area contributed by atoms with Gasteiger partial charge in [-0.1, -0.05) is 6.07 Å². The van der Waals surface area contributed by atoms with Gasteiger partial charge < -0.3 is 5.73 Å². The number of halogens is 1. The minimum atomic E-state index is -0.362. The molecule has 2 rings (SSSR count). The molecule has 2 nitrogen and oxygen atoms in total. The number of rotatable bonds is 3. The van der Waals surface area contributed by atoms with E-state index >= 15 is 0 Å². The number of carbonyl (C=O) groups is 1. The standard InChI is InChI=1S/C11H12FNO/c12-9-4-3-8(5-11(13)14)10(6-9)7-1-2-7/h3-4,6-7H,1-2,5H2,(H2,13,14). The maximum atomic E-state index is 13.0. The minimum Gasteiger partial charge on any atom is -0.369 e. The van der Waals surface area contributed by atoms with E-state index in [2.05, 4.69) is 0 Å². The highest BCUT2D eigenvalue weighted by molar-refractivity contribution is 5.77. The fourth-order valence-electron chi connectivity index (χ4n) is 1.69. The highest BCUT2D eigenvalue weighted by atomic mass is 19.1. The van der Waals surface area contributed by atoms with Gasteiger partial charge in [-0.15, -0.1) is 0 Å². The molecule has 74 valence electrons. The third kappa shape index (κ3) is 1.92. The lowest BCUT2D eigenvalue weighted by Gasteiger charge is -2.06. The van der Waals surface area contributed by atoms with Crippen LogP contribution in [0.15, 0.2) is 18.2 Å². The molecule has 0 radical (unpaired) electrons. The Balaban J connectivity index is 2.32. The van der Waals surface area contributed by atoms with Gasteiger partial charge in [0.05, 0.1) is 6.42 Å². The van der Waals surface area contributed by atoms with Crippen LogP contribution >= 0.6 is 0 Å². The van der Waals surface area contributed by atoms with Crippen molar-refractivity contribution in [2.45, 2.75) is 25.2 Å². The summed E-state index contributed by atoms with van der Waals surface area (Å²) in [5.74, 6) is -0.154. The second kappa shape index (κ2) is 3.40. The molecule has 1 aromatic carbocycles. The Morgan fingerprint density at radius 1 is 1.50 bits per heavy atom. The lowest BCUT2D eigenvalue weighted by atomic mass is 10.0. The number of primary amides is 1. The van der Waals surface area contributed by atoms with Crippen molar-refractivity contribution in [1.82, 2.24) is 0 Å². The summed E-state index contributed by atoms with van der Waals surface area (Å²) < 4.78 is 13.0. The number of carbonyl (C=O) groups excluding carboxylic acids is 1. The van der Waals surface area contributed by atoms with E-state index in [9.17, 15) is 9.18 Å². The van der Waals surface area contributed by atoms with Crippen LogP contribution < -0.4 is 5.73 Å². The smallest absolute Gasteiger partial charge is 0.221 e. The first-order valence-corrected chi connectivity index (χ1v) is 4.73. The summed E-state index contributed by atoms with van der Waals surface area (Å²) in [6, 6.07) is 4.56. The number of nitrogens with two attached hydrogens (primary N) is 1. The third-order valence-corrected chi connectivity index (χ3v) is 2.49. The number of hydrogen-bond donors (Lipinski definition) is 1. The topological polar surface area (TPSA) is 43.1 Å². The lowest BCUT2D eigenvalue weighted by molar-refractivity contribution is -0.117. The van der Waals surface area contributed by atoms with Crippen molar-refractivity contribution in [2.75, 3.05) is 0 Å². The van der Waals surface area contributed by atoms with Crippen LogP contribution in [0.3, 0.4) is 0 Å². The molecule has 3 heteroatoms. The molecule has 0 unspecified atom stereocenters. The Labute approximate surface area is 81.9 Å². The maximum absolute atomic E-state index is 13.0. The molecule has 0 bridgehead atoms. The first kappa shape index (κ1) is 9.19. The molecule has 1 aliphatic rings. The van der Waals surface area contributed by atoms with Crippen LogP contribution in [0.2, 0.25) is 0 Å². The van der Waals surface area contributed by atoms with E-state index in [4.69, 9.17) is 5.73 Å². The Bertz CT molecular complexity index is 372. The number of hydrogen-bond acceptors (Lipinski definition) is 1. The second-order valence-corrected chi connectivity index (χ2v) is 3.76. The van der Waals surface area contributed by atoms with Gasteiger partial charge in [0.15, 0.2) is 0 Å². The molecular weight excluding hydrogens is 181 g/mol. The van der Waals surface area contributed by atoms with E-state index in [1.165, 1.54) is 12.1 Å². The molecular formula is C11H12FNO. The Kier molecular flexibility index (Phi) is 2.23. The van der Waals surface area contributed by atoms with Crippen LogP contribution in [0.5, 0.6) is 0 Å². The number of benzene rings is 1. The van der Waals surface area contributed by atoms with Crippen LogP contribution in [0.25, 0.3) is 0 Å². The van der Waals surface area contributed by atoms with Gasteiger partial charge in [0.1, 0.15) is 5.82 Å². The molecule has 2 N–H and O–H groups in total. The quantitative estimate of drug-likeness (QED) is 0.780. The molecule has 14 heavy (non-hydrogen) atoms. The molecule has 0 spiro atoms. The average molecular weight is 193 g/mol. The maximum Gasteiger partial charge on any atom is 0.221 e. The molecule has 0 heterocycles. The van der Waals surface area contributed by atoms with E-state index in [0.717, 1.165) is 24.0 Å². The van der Waals surface area contributed by atoms with Crippen molar-refractivity contribution < 1.29 is 9.18 Å². The van der Waals surface area contributed by atoms with Gasteiger partial charge in [-0.3, -0.25) is 4.79 Å².